The van der Waals surface area contributed by atoms with Crippen LogP contribution < -0.4 is 10.1 Å². The van der Waals surface area contributed by atoms with Gasteiger partial charge in [-0.25, -0.2) is 0 Å². The van der Waals surface area contributed by atoms with E-state index in [9.17, 15) is 4.79 Å². The van der Waals surface area contributed by atoms with E-state index in [1.165, 1.54) is 5.56 Å². The van der Waals surface area contributed by atoms with Crippen molar-refractivity contribution < 1.29 is 14.6 Å². The van der Waals surface area contributed by atoms with Gasteiger partial charge in [-0.15, -0.1) is 0 Å². The van der Waals surface area contributed by atoms with Gasteiger partial charge in [0, 0.05) is 6.54 Å². The average Bonchev–Trinajstić information content (AvgIpc) is 2.35. The van der Waals surface area contributed by atoms with E-state index in [-0.39, 0.29) is 5.92 Å². The van der Waals surface area contributed by atoms with Gasteiger partial charge in [-0.05, 0) is 30.7 Å². The summed E-state index contributed by atoms with van der Waals surface area (Å²) >= 11 is 0. The van der Waals surface area contributed by atoms with E-state index < -0.39 is 5.97 Å². The first-order valence-corrected chi connectivity index (χ1v) is 5.70. The lowest BCUT2D eigenvalue weighted by Gasteiger charge is -2.08. The van der Waals surface area contributed by atoms with Crippen molar-refractivity contribution in [1.82, 2.24) is 5.32 Å². The Balaban J connectivity index is 2.24. The van der Waals surface area contributed by atoms with Crippen molar-refractivity contribution in [3.05, 3.63) is 29.8 Å². The molecule has 0 aliphatic rings. The monoisotopic (exact) mass is 237 g/mol. The van der Waals surface area contributed by atoms with Crippen LogP contribution in [0.5, 0.6) is 5.75 Å². The van der Waals surface area contributed by atoms with Gasteiger partial charge in [0.2, 0.25) is 0 Å². The van der Waals surface area contributed by atoms with Crippen molar-refractivity contribution in [2.75, 3.05) is 20.2 Å². The van der Waals surface area contributed by atoms with Gasteiger partial charge in [0.25, 0.3) is 0 Å². The summed E-state index contributed by atoms with van der Waals surface area (Å²) in [5, 5.41) is 11.8. The molecular weight excluding hydrogens is 218 g/mol. The molecule has 94 valence electrons. The van der Waals surface area contributed by atoms with E-state index in [0.717, 1.165) is 18.7 Å². The van der Waals surface area contributed by atoms with Crippen LogP contribution in [0.1, 0.15) is 12.5 Å². The van der Waals surface area contributed by atoms with E-state index in [0.29, 0.717) is 6.54 Å². The van der Waals surface area contributed by atoms with Gasteiger partial charge in [-0.1, -0.05) is 19.1 Å². The summed E-state index contributed by atoms with van der Waals surface area (Å²) < 4.78 is 5.07. The summed E-state index contributed by atoms with van der Waals surface area (Å²) in [6.45, 7) is 2.98. The lowest BCUT2D eigenvalue weighted by atomic mass is 10.1. The number of ether oxygens (including phenoxy) is 1. The van der Waals surface area contributed by atoms with Crippen LogP contribution in [0.4, 0.5) is 0 Å². The summed E-state index contributed by atoms with van der Waals surface area (Å²) in [5.41, 5.74) is 1.21. The van der Waals surface area contributed by atoms with Crippen LogP contribution in [-0.2, 0) is 11.2 Å². The fourth-order valence-corrected chi connectivity index (χ4v) is 1.43. The summed E-state index contributed by atoms with van der Waals surface area (Å²) in [6.07, 6.45) is 0.885. The van der Waals surface area contributed by atoms with Crippen LogP contribution in [0.2, 0.25) is 0 Å². The van der Waals surface area contributed by atoms with Crippen LogP contribution in [0.15, 0.2) is 24.3 Å². The van der Waals surface area contributed by atoms with E-state index in [1.807, 2.05) is 24.3 Å². The predicted molar refractivity (Wildman–Crippen MR) is 66.4 cm³/mol. The smallest absolute Gasteiger partial charge is 0.307 e. The number of carboxylic acid groups (broad SMARTS) is 1. The van der Waals surface area contributed by atoms with E-state index in [2.05, 4.69) is 5.32 Å². The van der Waals surface area contributed by atoms with Crippen molar-refractivity contribution in [3.63, 3.8) is 0 Å². The number of carbonyl (C=O) groups is 1. The van der Waals surface area contributed by atoms with Crippen LogP contribution in [0.3, 0.4) is 0 Å². The minimum atomic E-state index is -0.762. The van der Waals surface area contributed by atoms with Crippen molar-refractivity contribution in [2.45, 2.75) is 13.3 Å². The molecule has 0 saturated heterocycles. The molecule has 0 heterocycles. The van der Waals surface area contributed by atoms with Crippen LogP contribution in [-0.4, -0.2) is 31.3 Å². The molecule has 1 atom stereocenters. The molecule has 17 heavy (non-hydrogen) atoms. The summed E-state index contributed by atoms with van der Waals surface area (Å²) in [6, 6.07) is 7.88. The molecule has 0 bridgehead atoms. The highest BCUT2D eigenvalue weighted by atomic mass is 16.5. The molecule has 1 rings (SSSR count). The van der Waals surface area contributed by atoms with Gasteiger partial charge in [0.1, 0.15) is 5.75 Å². The van der Waals surface area contributed by atoms with Gasteiger partial charge < -0.3 is 15.2 Å². The highest BCUT2D eigenvalue weighted by Crippen LogP contribution is 2.11. The first-order valence-electron chi connectivity index (χ1n) is 5.70. The first kappa shape index (κ1) is 13.5. The lowest BCUT2D eigenvalue weighted by molar-refractivity contribution is -0.140. The van der Waals surface area contributed by atoms with Crippen LogP contribution in [0, 0.1) is 5.92 Å². The van der Waals surface area contributed by atoms with E-state index in [4.69, 9.17) is 9.84 Å². The fraction of sp³-hybridized carbons (Fsp3) is 0.462. The van der Waals surface area contributed by atoms with E-state index >= 15 is 0 Å². The number of rotatable bonds is 7. The van der Waals surface area contributed by atoms with Crippen LogP contribution >= 0.6 is 0 Å². The zero-order valence-corrected chi connectivity index (χ0v) is 10.3. The molecule has 1 unspecified atom stereocenters. The summed E-state index contributed by atoms with van der Waals surface area (Å²) in [5.74, 6) is -0.256. The Bertz CT molecular complexity index is 348. The third-order valence-electron chi connectivity index (χ3n) is 2.62. The van der Waals surface area contributed by atoms with Crippen molar-refractivity contribution in [2.24, 2.45) is 5.92 Å². The minimum Gasteiger partial charge on any atom is -0.497 e. The average molecular weight is 237 g/mol. The molecule has 1 aromatic rings. The Morgan fingerprint density at radius 1 is 1.41 bits per heavy atom. The van der Waals surface area contributed by atoms with Crippen molar-refractivity contribution in [1.29, 1.82) is 0 Å². The lowest BCUT2D eigenvalue weighted by Crippen LogP contribution is -2.27. The fourth-order valence-electron chi connectivity index (χ4n) is 1.43. The zero-order valence-electron chi connectivity index (χ0n) is 10.3. The molecule has 4 nitrogen and oxygen atoms in total. The third kappa shape index (κ3) is 4.87. The molecule has 0 aromatic heterocycles. The molecule has 0 aliphatic heterocycles. The number of nitrogens with one attached hydrogen (secondary N) is 1. The Labute approximate surface area is 102 Å². The van der Waals surface area contributed by atoms with Gasteiger partial charge in [0.05, 0.1) is 13.0 Å². The maximum atomic E-state index is 10.6. The number of methoxy groups -OCH3 is 1. The van der Waals surface area contributed by atoms with Crippen molar-refractivity contribution in [3.8, 4) is 5.75 Å². The number of hydrogen-bond acceptors (Lipinski definition) is 3. The Hall–Kier alpha value is -1.55. The Morgan fingerprint density at radius 2 is 2.06 bits per heavy atom. The molecule has 0 aliphatic carbocycles. The summed E-state index contributed by atoms with van der Waals surface area (Å²) in [7, 11) is 1.64. The zero-order chi connectivity index (χ0) is 12.7. The Kier molecular flexibility index (Phi) is 5.49. The number of aliphatic carboxylic acids is 1. The second-order valence-electron chi connectivity index (χ2n) is 4.04. The van der Waals surface area contributed by atoms with Gasteiger partial charge >= 0.3 is 5.97 Å². The molecule has 0 fully saturated rings. The molecule has 1 aromatic carbocycles. The normalized spacial score (nSPS) is 12.1. The molecular formula is C13H19NO3. The topological polar surface area (TPSA) is 58.6 Å². The Morgan fingerprint density at radius 3 is 2.59 bits per heavy atom. The maximum absolute atomic E-state index is 10.6. The van der Waals surface area contributed by atoms with E-state index in [1.54, 1.807) is 14.0 Å². The molecule has 0 spiro atoms. The first-order chi connectivity index (χ1) is 8.13. The molecule has 2 N–H and O–H groups in total. The van der Waals surface area contributed by atoms with Gasteiger partial charge in [-0.3, -0.25) is 4.79 Å². The summed E-state index contributed by atoms with van der Waals surface area (Å²) in [4.78, 5) is 10.6. The van der Waals surface area contributed by atoms with Gasteiger partial charge in [0.15, 0.2) is 0 Å². The molecule has 0 saturated carbocycles. The SMILES string of the molecule is COc1ccc(CCNCC(C)C(=O)O)cc1. The molecule has 4 heteroatoms. The molecule has 0 amide bonds. The van der Waals surface area contributed by atoms with Crippen molar-refractivity contribution >= 4 is 5.97 Å². The largest absolute Gasteiger partial charge is 0.497 e. The number of benzene rings is 1. The predicted octanol–water partition coefficient (Wildman–Crippen LogP) is 1.55. The quantitative estimate of drug-likeness (QED) is 0.706. The third-order valence-corrected chi connectivity index (χ3v) is 2.62. The maximum Gasteiger partial charge on any atom is 0.307 e. The second-order valence-corrected chi connectivity index (χ2v) is 4.04. The minimum absolute atomic E-state index is 0.342. The van der Waals surface area contributed by atoms with Gasteiger partial charge in [-0.2, -0.15) is 0 Å². The number of hydrogen-bond donors (Lipinski definition) is 2. The number of carboxylic acids is 1. The second kappa shape index (κ2) is 6.91. The molecule has 0 radical (unpaired) electrons. The van der Waals surface area contributed by atoms with Crippen LogP contribution in [0.25, 0.3) is 0 Å². The highest BCUT2D eigenvalue weighted by Gasteiger charge is 2.08. The standard InChI is InChI=1S/C13H19NO3/c1-10(13(15)16)9-14-8-7-11-3-5-12(17-2)6-4-11/h3-6,10,14H,7-9H2,1-2H3,(H,15,16). The highest BCUT2D eigenvalue weighted by molar-refractivity contribution is 5.69.